The van der Waals surface area contributed by atoms with Crippen LogP contribution in [0.2, 0.25) is 10.3 Å². The standard InChI is InChI=1S/C14H12Cl2N2O2/c15-12-7-10(8-13(16)18-12)14(20)17-11-3-1-9(2-4-11)5-6-19/h1-4,7-8,19H,5-6H2,(H,17,20). The number of benzene rings is 1. The quantitative estimate of drug-likeness (QED) is 0.853. The lowest BCUT2D eigenvalue weighted by Gasteiger charge is -2.07. The molecule has 0 spiro atoms. The Balaban J connectivity index is 2.10. The van der Waals surface area contributed by atoms with E-state index in [2.05, 4.69) is 10.3 Å². The van der Waals surface area contributed by atoms with Crippen LogP contribution in [0.1, 0.15) is 15.9 Å². The summed E-state index contributed by atoms with van der Waals surface area (Å²) in [6.45, 7) is 0.0969. The molecule has 0 aliphatic rings. The lowest BCUT2D eigenvalue weighted by Crippen LogP contribution is -2.12. The molecule has 0 fully saturated rings. The Kier molecular flexibility index (Phi) is 4.95. The van der Waals surface area contributed by atoms with Gasteiger partial charge in [-0.3, -0.25) is 4.79 Å². The second kappa shape index (κ2) is 6.70. The Bertz CT molecular complexity index is 595. The molecule has 0 radical (unpaired) electrons. The van der Waals surface area contributed by atoms with Crippen molar-refractivity contribution in [3.63, 3.8) is 0 Å². The van der Waals surface area contributed by atoms with Crippen molar-refractivity contribution in [2.24, 2.45) is 0 Å². The minimum atomic E-state index is -0.314. The summed E-state index contributed by atoms with van der Waals surface area (Å²) in [5.41, 5.74) is 2.00. The number of nitrogens with zero attached hydrogens (tertiary/aromatic N) is 1. The molecule has 6 heteroatoms. The Morgan fingerprint density at radius 3 is 2.30 bits per heavy atom. The average molecular weight is 311 g/mol. The van der Waals surface area contributed by atoms with Crippen molar-refractivity contribution in [1.82, 2.24) is 4.98 Å². The smallest absolute Gasteiger partial charge is 0.255 e. The molecule has 4 nitrogen and oxygen atoms in total. The SMILES string of the molecule is O=C(Nc1ccc(CCO)cc1)c1cc(Cl)nc(Cl)c1. The van der Waals surface area contributed by atoms with Crippen LogP contribution in [0.3, 0.4) is 0 Å². The predicted molar refractivity (Wildman–Crippen MR) is 79.4 cm³/mol. The number of nitrogens with one attached hydrogen (secondary N) is 1. The highest BCUT2D eigenvalue weighted by molar-refractivity contribution is 6.33. The van der Waals surface area contributed by atoms with E-state index >= 15 is 0 Å². The molecule has 0 atom stereocenters. The van der Waals surface area contributed by atoms with E-state index in [0.29, 0.717) is 17.7 Å². The minimum Gasteiger partial charge on any atom is -0.396 e. The number of rotatable bonds is 4. The molecule has 1 aromatic carbocycles. The number of halogens is 2. The third kappa shape index (κ3) is 3.93. The third-order valence-electron chi connectivity index (χ3n) is 2.64. The molecule has 1 heterocycles. The second-order valence-corrected chi connectivity index (χ2v) is 4.90. The first-order chi connectivity index (χ1) is 9.58. The van der Waals surface area contributed by atoms with Crippen LogP contribution >= 0.6 is 23.2 Å². The van der Waals surface area contributed by atoms with Gasteiger partial charge < -0.3 is 10.4 Å². The van der Waals surface area contributed by atoms with Crippen molar-refractivity contribution in [3.8, 4) is 0 Å². The number of hydrogen-bond donors (Lipinski definition) is 2. The van der Waals surface area contributed by atoms with Crippen molar-refractivity contribution >= 4 is 34.8 Å². The van der Waals surface area contributed by atoms with Crippen LogP contribution in [0.15, 0.2) is 36.4 Å². The number of anilines is 1. The van der Waals surface area contributed by atoms with Crippen LogP contribution in [0.4, 0.5) is 5.69 Å². The first kappa shape index (κ1) is 14.8. The van der Waals surface area contributed by atoms with Gasteiger partial charge in [-0.15, -0.1) is 0 Å². The van der Waals surface area contributed by atoms with E-state index < -0.39 is 0 Å². The van der Waals surface area contributed by atoms with E-state index in [1.807, 2.05) is 12.1 Å². The van der Waals surface area contributed by atoms with Crippen molar-refractivity contribution < 1.29 is 9.90 Å². The summed E-state index contributed by atoms with van der Waals surface area (Å²) in [6, 6.07) is 10.1. The molecule has 2 N–H and O–H groups in total. The van der Waals surface area contributed by atoms with Gasteiger partial charge in [0.05, 0.1) is 0 Å². The molecule has 20 heavy (non-hydrogen) atoms. The van der Waals surface area contributed by atoms with Crippen molar-refractivity contribution in [3.05, 3.63) is 57.8 Å². The zero-order valence-corrected chi connectivity index (χ0v) is 11.9. The van der Waals surface area contributed by atoms with E-state index in [1.165, 1.54) is 12.1 Å². The topological polar surface area (TPSA) is 62.2 Å². The van der Waals surface area contributed by atoms with Gasteiger partial charge in [0.25, 0.3) is 5.91 Å². The zero-order chi connectivity index (χ0) is 14.5. The number of hydrogen-bond acceptors (Lipinski definition) is 3. The summed E-state index contributed by atoms with van der Waals surface area (Å²) in [4.78, 5) is 15.8. The molecule has 2 aromatic rings. The summed E-state index contributed by atoms with van der Waals surface area (Å²) in [5, 5.41) is 11.9. The van der Waals surface area contributed by atoms with Gasteiger partial charge in [-0.25, -0.2) is 4.98 Å². The fourth-order valence-corrected chi connectivity index (χ4v) is 2.14. The van der Waals surface area contributed by atoms with Gasteiger partial charge in [-0.2, -0.15) is 0 Å². The van der Waals surface area contributed by atoms with Gasteiger partial charge in [0.15, 0.2) is 0 Å². The monoisotopic (exact) mass is 310 g/mol. The highest BCUT2D eigenvalue weighted by Crippen LogP contribution is 2.17. The zero-order valence-electron chi connectivity index (χ0n) is 10.4. The van der Waals surface area contributed by atoms with E-state index in [9.17, 15) is 4.79 Å². The molecule has 0 bridgehead atoms. The number of carbonyl (C=O) groups is 1. The van der Waals surface area contributed by atoms with Crippen LogP contribution in [0.5, 0.6) is 0 Å². The fraction of sp³-hybridized carbons (Fsp3) is 0.143. The van der Waals surface area contributed by atoms with E-state index in [-0.39, 0.29) is 22.8 Å². The van der Waals surface area contributed by atoms with Gasteiger partial charge in [-0.1, -0.05) is 35.3 Å². The summed E-state index contributed by atoms with van der Waals surface area (Å²) in [7, 11) is 0. The van der Waals surface area contributed by atoms with Gasteiger partial charge in [0.2, 0.25) is 0 Å². The highest BCUT2D eigenvalue weighted by atomic mass is 35.5. The van der Waals surface area contributed by atoms with Crippen LogP contribution in [-0.2, 0) is 6.42 Å². The Labute approximate surface area is 126 Å². The maximum absolute atomic E-state index is 12.0. The molecule has 0 unspecified atom stereocenters. The third-order valence-corrected chi connectivity index (χ3v) is 3.02. The van der Waals surface area contributed by atoms with Crippen molar-refractivity contribution in [1.29, 1.82) is 0 Å². The first-order valence-electron chi connectivity index (χ1n) is 5.93. The molecule has 2 rings (SSSR count). The number of aliphatic hydroxyl groups excluding tert-OH is 1. The van der Waals surface area contributed by atoms with Crippen LogP contribution in [0, 0.1) is 0 Å². The van der Waals surface area contributed by atoms with E-state index in [0.717, 1.165) is 5.56 Å². The summed E-state index contributed by atoms with van der Waals surface area (Å²) >= 11 is 11.5. The Morgan fingerprint density at radius 1 is 1.15 bits per heavy atom. The van der Waals surface area contributed by atoms with Crippen molar-refractivity contribution in [2.75, 3.05) is 11.9 Å². The number of carbonyl (C=O) groups excluding carboxylic acids is 1. The Hall–Kier alpha value is -1.62. The number of aromatic nitrogens is 1. The highest BCUT2D eigenvalue weighted by Gasteiger charge is 2.09. The summed E-state index contributed by atoms with van der Waals surface area (Å²) in [6.07, 6.45) is 0.587. The molecule has 0 saturated carbocycles. The van der Waals surface area contributed by atoms with Gasteiger partial charge >= 0.3 is 0 Å². The lowest BCUT2D eigenvalue weighted by atomic mass is 10.1. The molecular formula is C14H12Cl2N2O2. The van der Waals surface area contributed by atoms with Crippen molar-refractivity contribution in [2.45, 2.75) is 6.42 Å². The minimum absolute atomic E-state index is 0.0969. The largest absolute Gasteiger partial charge is 0.396 e. The molecule has 0 aliphatic heterocycles. The maximum atomic E-state index is 12.0. The molecule has 1 aromatic heterocycles. The van der Waals surface area contributed by atoms with Gasteiger partial charge in [0, 0.05) is 17.9 Å². The molecular weight excluding hydrogens is 299 g/mol. The average Bonchev–Trinajstić information content (AvgIpc) is 2.40. The van der Waals surface area contributed by atoms with Crippen LogP contribution < -0.4 is 5.32 Å². The maximum Gasteiger partial charge on any atom is 0.255 e. The second-order valence-electron chi connectivity index (χ2n) is 4.13. The van der Waals surface area contributed by atoms with Gasteiger partial charge in [-0.05, 0) is 36.2 Å². The summed E-state index contributed by atoms with van der Waals surface area (Å²) in [5.74, 6) is -0.314. The predicted octanol–water partition coefficient (Wildman–Crippen LogP) is 3.18. The first-order valence-corrected chi connectivity index (χ1v) is 6.68. The fourth-order valence-electron chi connectivity index (χ4n) is 1.68. The number of amides is 1. The molecule has 0 aliphatic carbocycles. The van der Waals surface area contributed by atoms with E-state index in [4.69, 9.17) is 28.3 Å². The summed E-state index contributed by atoms with van der Waals surface area (Å²) < 4.78 is 0. The molecule has 104 valence electrons. The van der Waals surface area contributed by atoms with Crippen LogP contribution in [-0.4, -0.2) is 22.6 Å². The number of aliphatic hydroxyl groups is 1. The molecule has 1 amide bonds. The van der Waals surface area contributed by atoms with Gasteiger partial charge in [0.1, 0.15) is 10.3 Å². The normalized spacial score (nSPS) is 10.3. The molecule has 0 saturated heterocycles. The Morgan fingerprint density at radius 2 is 1.75 bits per heavy atom. The van der Waals surface area contributed by atoms with Crippen LogP contribution in [0.25, 0.3) is 0 Å². The lowest BCUT2D eigenvalue weighted by molar-refractivity contribution is 0.102. The van der Waals surface area contributed by atoms with E-state index in [1.54, 1.807) is 12.1 Å². The number of pyridine rings is 1.